The van der Waals surface area contributed by atoms with E-state index in [2.05, 4.69) is 36.4 Å². The molecule has 5 heteroatoms. The fraction of sp³-hybridized carbons (Fsp3) is 0.846. The van der Waals surface area contributed by atoms with E-state index in [-0.39, 0.29) is 11.8 Å². The van der Waals surface area contributed by atoms with Gasteiger partial charge in [0.25, 0.3) is 0 Å². The standard InChI is InChI=1S/C13H27N3O2/c1-10(2)16(5)9-7-6-8-14-13(18)11(3)15-12(4)17/h10-11H,6-9H2,1-5H3,(H,14,18)(H,15,17). The Labute approximate surface area is 110 Å². The zero-order chi connectivity index (χ0) is 14.1. The number of nitrogens with one attached hydrogen (secondary N) is 2. The molecular weight excluding hydrogens is 230 g/mol. The lowest BCUT2D eigenvalue weighted by atomic mass is 10.2. The minimum absolute atomic E-state index is 0.123. The highest BCUT2D eigenvalue weighted by Crippen LogP contribution is 1.97. The first kappa shape index (κ1) is 16.9. The van der Waals surface area contributed by atoms with Gasteiger partial charge in [0.1, 0.15) is 6.04 Å². The van der Waals surface area contributed by atoms with Crippen molar-refractivity contribution >= 4 is 11.8 Å². The molecule has 0 rings (SSSR count). The van der Waals surface area contributed by atoms with E-state index in [9.17, 15) is 9.59 Å². The van der Waals surface area contributed by atoms with E-state index in [1.165, 1.54) is 6.92 Å². The van der Waals surface area contributed by atoms with Gasteiger partial charge in [-0.25, -0.2) is 0 Å². The van der Waals surface area contributed by atoms with Crippen LogP contribution in [0.25, 0.3) is 0 Å². The lowest BCUT2D eigenvalue weighted by molar-refractivity contribution is -0.127. The van der Waals surface area contributed by atoms with Gasteiger partial charge in [0.05, 0.1) is 0 Å². The zero-order valence-corrected chi connectivity index (χ0v) is 12.2. The molecule has 0 aromatic carbocycles. The van der Waals surface area contributed by atoms with E-state index >= 15 is 0 Å². The Balaban J connectivity index is 3.60. The van der Waals surface area contributed by atoms with Crippen molar-refractivity contribution < 1.29 is 9.59 Å². The van der Waals surface area contributed by atoms with Gasteiger partial charge in [0.2, 0.25) is 11.8 Å². The highest BCUT2D eigenvalue weighted by atomic mass is 16.2. The van der Waals surface area contributed by atoms with Crippen molar-refractivity contribution in [2.75, 3.05) is 20.1 Å². The molecule has 0 fully saturated rings. The minimum Gasteiger partial charge on any atom is -0.354 e. The molecule has 0 aromatic rings. The van der Waals surface area contributed by atoms with Crippen LogP contribution in [0, 0.1) is 0 Å². The average molecular weight is 257 g/mol. The Hall–Kier alpha value is -1.10. The topological polar surface area (TPSA) is 61.4 Å². The van der Waals surface area contributed by atoms with Crippen molar-refractivity contribution in [2.45, 2.75) is 52.6 Å². The summed E-state index contributed by atoms with van der Waals surface area (Å²) >= 11 is 0. The van der Waals surface area contributed by atoms with Gasteiger partial charge in [0, 0.05) is 19.5 Å². The monoisotopic (exact) mass is 257 g/mol. The Morgan fingerprint density at radius 2 is 1.78 bits per heavy atom. The number of hydrogen-bond donors (Lipinski definition) is 2. The number of unbranched alkanes of at least 4 members (excludes halogenated alkanes) is 1. The van der Waals surface area contributed by atoms with E-state index in [4.69, 9.17) is 0 Å². The molecule has 2 amide bonds. The number of rotatable bonds is 8. The van der Waals surface area contributed by atoms with Crippen molar-refractivity contribution in [2.24, 2.45) is 0 Å². The van der Waals surface area contributed by atoms with Crippen LogP contribution in [0.15, 0.2) is 0 Å². The molecule has 0 spiro atoms. The van der Waals surface area contributed by atoms with Gasteiger partial charge in [-0.05, 0) is 47.2 Å². The van der Waals surface area contributed by atoms with E-state index in [1.807, 2.05) is 0 Å². The Kier molecular flexibility index (Phi) is 8.37. The summed E-state index contributed by atoms with van der Waals surface area (Å²) in [7, 11) is 2.10. The average Bonchev–Trinajstić information content (AvgIpc) is 2.26. The molecule has 1 unspecified atom stereocenters. The van der Waals surface area contributed by atoms with Gasteiger partial charge in [0.15, 0.2) is 0 Å². The van der Waals surface area contributed by atoms with E-state index in [1.54, 1.807) is 6.92 Å². The molecule has 0 saturated heterocycles. The van der Waals surface area contributed by atoms with Crippen LogP contribution in [-0.4, -0.2) is 48.9 Å². The zero-order valence-electron chi connectivity index (χ0n) is 12.2. The summed E-state index contributed by atoms with van der Waals surface area (Å²) < 4.78 is 0. The quantitative estimate of drug-likeness (QED) is 0.631. The van der Waals surface area contributed by atoms with Crippen molar-refractivity contribution in [1.82, 2.24) is 15.5 Å². The summed E-state index contributed by atoms with van der Waals surface area (Å²) in [6.45, 7) is 9.12. The van der Waals surface area contributed by atoms with Crippen LogP contribution in [0.3, 0.4) is 0 Å². The largest absolute Gasteiger partial charge is 0.354 e. The van der Waals surface area contributed by atoms with Crippen LogP contribution >= 0.6 is 0 Å². The molecule has 0 heterocycles. The molecule has 0 radical (unpaired) electrons. The maximum absolute atomic E-state index is 11.5. The molecular formula is C13H27N3O2. The summed E-state index contributed by atoms with van der Waals surface area (Å²) in [5.74, 6) is -0.307. The molecule has 0 aliphatic carbocycles. The van der Waals surface area contributed by atoms with Crippen LogP contribution in [0.2, 0.25) is 0 Å². The first-order valence-corrected chi connectivity index (χ1v) is 6.59. The van der Waals surface area contributed by atoms with Crippen molar-refractivity contribution in [1.29, 1.82) is 0 Å². The molecule has 0 aliphatic heterocycles. The third kappa shape index (κ3) is 8.06. The number of hydrogen-bond acceptors (Lipinski definition) is 3. The third-order valence-corrected chi connectivity index (χ3v) is 2.93. The summed E-state index contributed by atoms with van der Waals surface area (Å²) in [5, 5.41) is 5.38. The molecule has 0 aromatic heterocycles. The maximum Gasteiger partial charge on any atom is 0.242 e. The molecule has 2 N–H and O–H groups in total. The van der Waals surface area contributed by atoms with Gasteiger partial charge < -0.3 is 15.5 Å². The fourth-order valence-electron chi connectivity index (χ4n) is 1.48. The normalized spacial score (nSPS) is 12.6. The molecule has 0 bridgehead atoms. The molecule has 0 aliphatic rings. The lowest BCUT2D eigenvalue weighted by Gasteiger charge is -2.20. The molecule has 0 saturated carbocycles. The Morgan fingerprint density at radius 3 is 2.28 bits per heavy atom. The second-order valence-electron chi connectivity index (χ2n) is 4.99. The first-order chi connectivity index (χ1) is 8.34. The van der Waals surface area contributed by atoms with Gasteiger partial charge >= 0.3 is 0 Å². The van der Waals surface area contributed by atoms with Crippen molar-refractivity contribution in [3.05, 3.63) is 0 Å². The van der Waals surface area contributed by atoms with Crippen LogP contribution in [0.4, 0.5) is 0 Å². The predicted octanol–water partition coefficient (Wildman–Crippen LogP) is 0.748. The van der Waals surface area contributed by atoms with E-state index in [0.717, 1.165) is 19.4 Å². The number of nitrogens with zero attached hydrogens (tertiary/aromatic N) is 1. The highest BCUT2D eigenvalue weighted by Gasteiger charge is 2.12. The second kappa shape index (κ2) is 8.91. The maximum atomic E-state index is 11.5. The van der Waals surface area contributed by atoms with Crippen LogP contribution < -0.4 is 10.6 Å². The highest BCUT2D eigenvalue weighted by molar-refractivity contribution is 5.86. The molecule has 1 atom stereocenters. The van der Waals surface area contributed by atoms with Gasteiger partial charge in [-0.2, -0.15) is 0 Å². The van der Waals surface area contributed by atoms with Crippen LogP contribution in [0.5, 0.6) is 0 Å². The number of carbonyl (C=O) groups is 2. The predicted molar refractivity (Wildman–Crippen MR) is 73.3 cm³/mol. The van der Waals surface area contributed by atoms with Gasteiger partial charge in [-0.15, -0.1) is 0 Å². The van der Waals surface area contributed by atoms with Crippen molar-refractivity contribution in [3.8, 4) is 0 Å². The van der Waals surface area contributed by atoms with Gasteiger partial charge in [-0.3, -0.25) is 9.59 Å². The Bertz CT molecular complexity index is 267. The van der Waals surface area contributed by atoms with Gasteiger partial charge in [-0.1, -0.05) is 0 Å². The Morgan fingerprint density at radius 1 is 1.17 bits per heavy atom. The molecule has 106 valence electrons. The van der Waals surface area contributed by atoms with E-state index in [0.29, 0.717) is 12.6 Å². The first-order valence-electron chi connectivity index (χ1n) is 6.59. The smallest absolute Gasteiger partial charge is 0.242 e. The minimum atomic E-state index is -0.458. The second-order valence-corrected chi connectivity index (χ2v) is 4.99. The summed E-state index contributed by atoms with van der Waals surface area (Å²) in [4.78, 5) is 24.6. The number of amides is 2. The van der Waals surface area contributed by atoms with Crippen molar-refractivity contribution in [3.63, 3.8) is 0 Å². The summed E-state index contributed by atoms with van der Waals surface area (Å²) in [6, 6.07) is 0.0974. The fourth-order valence-corrected chi connectivity index (χ4v) is 1.48. The third-order valence-electron chi connectivity index (χ3n) is 2.93. The SMILES string of the molecule is CC(=O)NC(C)C(=O)NCCCCN(C)C(C)C. The number of carbonyl (C=O) groups excluding carboxylic acids is 2. The van der Waals surface area contributed by atoms with Crippen LogP contribution in [0.1, 0.15) is 40.5 Å². The summed E-state index contributed by atoms with van der Waals surface area (Å²) in [6.07, 6.45) is 2.01. The van der Waals surface area contributed by atoms with E-state index < -0.39 is 6.04 Å². The molecule has 5 nitrogen and oxygen atoms in total. The summed E-state index contributed by atoms with van der Waals surface area (Å²) in [5.41, 5.74) is 0. The lowest BCUT2D eigenvalue weighted by Crippen LogP contribution is -2.44. The molecule has 18 heavy (non-hydrogen) atoms. The van der Waals surface area contributed by atoms with Crippen LogP contribution in [-0.2, 0) is 9.59 Å².